The lowest BCUT2D eigenvalue weighted by Crippen LogP contribution is -2.53. The van der Waals surface area contributed by atoms with E-state index in [1.54, 1.807) is 18.9 Å². The predicted octanol–water partition coefficient (Wildman–Crippen LogP) is 1.86. The van der Waals surface area contributed by atoms with Crippen molar-refractivity contribution in [2.24, 2.45) is 5.92 Å². The van der Waals surface area contributed by atoms with Gasteiger partial charge < -0.3 is 19.6 Å². The first-order chi connectivity index (χ1) is 13.5. The molecule has 0 bridgehead atoms. The van der Waals surface area contributed by atoms with Crippen molar-refractivity contribution in [2.45, 2.75) is 26.2 Å². The van der Waals surface area contributed by atoms with Gasteiger partial charge in [-0.3, -0.25) is 4.79 Å². The van der Waals surface area contributed by atoms with Crippen molar-refractivity contribution in [3.63, 3.8) is 0 Å². The molecule has 1 saturated heterocycles. The molecule has 1 N–H and O–H groups in total. The Morgan fingerprint density at radius 1 is 1.67 bits per heavy atom. The van der Waals surface area contributed by atoms with Gasteiger partial charge in [-0.1, -0.05) is 6.85 Å². The number of hydrogen-bond donors (Lipinski definition) is 1. The van der Waals surface area contributed by atoms with E-state index in [-0.39, 0.29) is 50.1 Å². The number of likely N-dealkylation sites (tertiary alicyclic amines) is 1. The molecule has 0 saturated carbocycles. The maximum Gasteiger partial charge on any atom is 0.302 e. The Bertz CT molecular complexity index is 981. The van der Waals surface area contributed by atoms with Gasteiger partial charge in [0, 0.05) is 29.9 Å². The highest BCUT2D eigenvalue weighted by atomic mass is 16.2. The molecule has 0 spiro atoms. The van der Waals surface area contributed by atoms with Crippen molar-refractivity contribution in [3.05, 3.63) is 29.5 Å². The second-order valence-corrected chi connectivity index (χ2v) is 5.98. The van der Waals surface area contributed by atoms with Crippen LogP contribution in [-0.4, -0.2) is 58.5 Å². The summed E-state index contributed by atoms with van der Waals surface area (Å²) in [7, 11) is 1.66. The lowest BCUT2D eigenvalue weighted by atomic mass is 9.92. The van der Waals surface area contributed by atoms with E-state index in [1.165, 1.54) is 4.90 Å². The van der Waals surface area contributed by atoms with E-state index in [0.29, 0.717) is 16.7 Å². The van der Waals surface area contributed by atoms with Crippen LogP contribution in [0.25, 0.3) is 15.9 Å². The van der Waals surface area contributed by atoms with Gasteiger partial charge in [0.15, 0.2) is 0 Å². The van der Waals surface area contributed by atoms with Crippen LogP contribution in [0.2, 0.25) is 0 Å². The Morgan fingerprint density at radius 3 is 3.25 bits per heavy atom. The number of anilines is 1. The highest BCUT2D eigenvalue weighted by Crippen LogP contribution is 2.29. The predicted molar refractivity (Wildman–Crippen MR) is 92.6 cm³/mol. The quantitative estimate of drug-likeness (QED) is 0.872. The van der Waals surface area contributed by atoms with Crippen molar-refractivity contribution >= 4 is 22.8 Å². The molecule has 3 heterocycles. The largest absolute Gasteiger partial charge is 0.354 e. The second kappa shape index (κ2) is 6.48. The normalized spacial score (nSPS) is 24.4. The Balaban J connectivity index is 2.06. The third-order valence-corrected chi connectivity index (χ3v) is 4.38. The van der Waals surface area contributed by atoms with Crippen LogP contribution in [0, 0.1) is 19.4 Å². The SMILES string of the molecule is [2H]c1nc(N(C)[C@H]2CN(C(=O)C[N+]#[C-])CC[C@H]2C([2H])([2H])[2H])c2c([2H])c(C)[nH]c2n1. The number of carbonyl (C=O) groups excluding carboxylic acids is 1. The lowest BCUT2D eigenvalue weighted by molar-refractivity contribution is -0.130. The van der Waals surface area contributed by atoms with Gasteiger partial charge in [0.25, 0.3) is 6.54 Å². The van der Waals surface area contributed by atoms with Crippen LogP contribution in [0.4, 0.5) is 5.82 Å². The smallest absolute Gasteiger partial charge is 0.302 e. The van der Waals surface area contributed by atoms with E-state index in [1.807, 2.05) is 0 Å². The molecule has 0 radical (unpaired) electrons. The van der Waals surface area contributed by atoms with E-state index in [2.05, 4.69) is 19.8 Å². The number of nitrogens with one attached hydrogen (secondary N) is 1. The van der Waals surface area contributed by atoms with Crippen LogP contribution < -0.4 is 4.90 Å². The molecule has 7 heteroatoms. The molecule has 126 valence electrons. The van der Waals surface area contributed by atoms with Crippen molar-refractivity contribution in [1.29, 1.82) is 0 Å². The summed E-state index contributed by atoms with van der Waals surface area (Å²) in [5.74, 6) is -0.777. The summed E-state index contributed by atoms with van der Waals surface area (Å²) in [5, 5.41) is 0.412. The van der Waals surface area contributed by atoms with Gasteiger partial charge in [-0.25, -0.2) is 16.5 Å². The number of carbonyl (C=O) groups is 1. The maximum absolute atomic E-state index is 12.2. The van der Waals surface area contributed by atoms with Crippen LogP contribution in [-0.2, 0) is 4.79 Å². The molecule has 1 fully saturated rings. The van der Waals surface area contributed by atoms with Crippen LogP contribution in [0.3, 0.4) is 0 Å². The van der Waals surface area contributed by atoms with Crippen molar-refractivity contribution in [3.8, 4) is 0 Å². The summed E-state index contributed by atoms with van der Waals surface area (Å²) in [6, 6.07) is -0.429. The third kappa shape index (κ3) is 2.92. The molecule has 0 aromatic carbocycles. The number of amides is 1. The van der Waals surface area contributed by atoms with E-state index in [0.717, 1.165) is 0 Å². The number of H-pyrrole nitrogens is 1. The van der Waals surface area contributed by atoms with E-state index >= 15 is 0 Å². The molecule has 0 unspecified atom stereocenters. The number of hydrogen-bond acceptors (Lipinski definition) is 4. The molecule has 2 aromatic rings. The van der Waals surface area contributed by atoms with Gasteiger partial charge in [0.05, 0.1) is 12.8 Å². The van der Waals surface area contributed by atoms with Crippen molar-refractivity contribution < 1.29 is 11.6 Å². The number of likely N-dealkylation sites (N-methyl/N-ethyl adjacent to an activating group) is 1. The fourth-order valence-electron chi connectivity index (χ4n) is 3.07. The summed E-state index contributed by atoms with van der Waals surface area (Å²) in [6.07, 6.45) is 0.0136. The van der Waals surface area contributed by atoms with Gasteiger partial charge in [-0.2, -0.15) is 0 Å². The minimum atomic E-state index is -2.25. The average Bonchev–Trinajstić information content (AvgIpc) is 2.93. The minimum Gasteiger partial charge on any atom is -0.354 e. The zero-order valence-electron chi connectivity index (χ0n) is 18.6. The minimum absolute atomic E-state index is 0.128. The fourth-order valence-corrected chi connectivity index (χ4v) is 3.07. The zero-order valence-corrected chi connectivity index (χ0v) is 13.6. The van der Waals surface area contributed by atoms with Gasteiger partial charge in [0.1, 0.15) is 19.1 Å². The third-order valence-electron chi connectivity index (χ3n) is 4.38. The number of fused-ring (bicyclic) bond motifs is 1. The number of piperidine rings is 1. The van der Waals surface area contributed by atoms with Gasteiger partial charge >= 0.3 is 5.91 Å². The molecule has 3 rings (SSSR count). The molecule has 2 atom stereocenters. The fraction of sp³-hybridized carbons (Fsp3) is 0.529. The molecule has 1 aliphatic rings. The molecule has 2 aromatic heterocycles. The Kier molecular flexibility index (Phi) is 2.97. The topological polar surface area (TPSA) is 69.5 Å². The van der Waals surface area contributed by atoms with Crippen LogP contribution in [0.5, 0.6) is 0 Å². The Hall–Kier alpha value is -2.62. The summed E-state index contributed by atoms with van der Waals surface area (Å²) in [6.45, 7) is 6.51. The summed E-state index contributed by atoms with van der Waals surface area (Å²) in [4.78, 5) is 29.7. The number of aromatic amines is 1. The molecule has 1 aliphatic heterocycles. The summed E-state index contributed by atoms with van der Waals surface area (Å²) in [5.41, 5.74) is 0.913. The molecular formula is C17H22N6O. The van der Waals surface area contributed by atoms with Gasteiger partial charge in [-0.15, -0.1) is 0 Å². The number of rotatable bonds is 3. The number of aryl methyl sites for hydroxylation is 1. The molecular weight excluding hydrogens is 304 g/mol. The molecule has 0 aliphatic carbocycles. The lowest BCUT2D eigenvalue weighted by Gasteiger charge is -2.41. The highest BCUT2D eigenvalue weighted by Gasteiger charge is 2.33. The van der Waals surface area contributed by atoms with Gasteiger partial charge in [0.2, 0.25) is 0 Å². The Labute approximate surface area is 148 Å². The van der Waals surface area contributed by atoms with Gasteiger partial charge in [-0.05, 0) is 25.3 Å². The maximum atomic E-state index is 12.2. The van der Waals surface area contributed by atoms with Crippen LogP contribution in [0.1, 0.15) is 25.8 Å². The monoisotopic (exact) mass is 331 g/mol. The van der Waals surface area contributed by atoms with Crippen LogP contribution in [0.15, 0.2) is 12.3 Å². The molecule has 7 nitrogen and oxygen atoms in total. The average molecular weight is 331 g/mol. The van der Waals surface area contributed by atoms with Crippen LogP contribution >= 0.6 is 0 Å². The Morgan fingerprint density at radius 2 is 2.50 bits per heavy atom. The molecule has 1 amide bonds. The highest BCUT2D eigenvalue weighted by molar-refractivity contribution is 5.88. The van der Waals surface area contributed by atoms with Crippen molar-refractivity contribution in [2.75, 3.05) is 31.6 Å². The number of aromatic nitrogens is 3. The van der Waals surface area contributed by atoms with Crippen molar-refractivity contribution in [1.82, 2.24) is 19.9 Å². The first-order valence-corrected chi connectivity index (χ1v) is 7.72. The second-order valence-electron chi connectivity index (χ2n) is 5.98. The summed E-state index contributed by atoms with van der Waals surface area (Å²) >= 11 is 0. The summed E-state index contributed by atoms with van der Waals surface area (Å²) < 4.78 is 40.1. The molecule has 24 heavy (non-hydrogen) atoms. The van der Waals surface area contributed by atoms with E-state index in [4.69, 9.17) is 13.4 Å². The van der Waals surface area contributed by atoms with E-state index < -0.39 is 18.8 Å². The standard InChI is InChI=1S/C17H22N6O/c1-11-5-6-23(15(24)8-18-3)9-14(11)22(4)17-13-7-12(2)21-16(13)19-10-20-17/h7,10-11,14H,5-6,8-9H2,1-2,4H3,(H,19,20,21)/t11-,14+/m1/s1/i1D3,7D,10D. The number of nitrogens with zero attached hydrogens (tertiary/aromatic N) is 5. The zero-order chi connectivity index (χ0) is 21.5. The first-order valence-electron chi connectivity index (χ1n) is 10.2. The first kappa shape index (κ1) is 11.0. The van der Waals surface area contributed by atoms with E-state index in [9.17, 15) is 4.79 Å².